The van der Waals surface area contributed by atoms with Gasteiger partial charge in [-0.25, -0.2) is 18.1 Å². The maximum atomic E-state index is 14.5. The molecule has 200 valence electrons. The predicted molar refractivity (Wildman–Crippen MR) is 116 cm³/mol. The first-order chi connectivity index (χ1) is 16.3. The standard InChI is InChI=1S/C14H17ClFN4O13P3/c1-3-14(15)9(21)8(5(2)31-35(26,27)33-36(28,29)32-34(23,24)25)30-12(14)20-4-6(16)7-10(20)18-13(17)19-11(7)22/h1,4-5,8-9,12,21H,2H3,(H,26,27)(H,28,29)(H2,23,24,25)(H3,17,18,19,22)/t5-,8+,9-,12+,14?/m0/s1. The van der Waals surface area contributed by atoms with Crippen molar-refractivity contribution < 1.29 is 60.6 Å². The van der Waals surface area contributed by atoms with Crippen LogP contribution in [0.1, 0.15) is 13.2 Å². The van der Waals surface area contributed by atoms with Gasteiger partial charge in [0, 0.05) is 6.20 Å². The van der Waals surface area contributed by atoms with Gasteiger partial charge in [0.15, 0.2) is 22.6 Å². The van der Waals surface area contributed by atoms with E-state index in [0.29, 0.717) is 0 Å². The summed E-state index contributed by atoms with van der Waals surface area (Å²) < 4.78 is 67.2. The molecule has 0 amide bonds. The molecule has 3 heterocycles. The second-order valence-corrected chi connectivity index (χ2v) is 12.2. The van der Waals surface area contributed by atoms with Gasteiger partial charge in [-0.2, -0.15) is 13.6 Å². The molecule has 3 rings (SSSR count). The van der Waals surface area contributed by atoms with Gasteiger partial charge in [-0.3, -0.25) is 18.9 Å². The third-order valence-electron chi connectivity index (χ3n) is 4.69. The lowest BCUT2D eigenvalue weighted by molar-refractivity contribution is -0.0728. The fourth-order valence-electron chi connectivity index (χ4n) is 3.38. The number of nitrogens with two attached hydrogens (primary N) is 1. The van der Waals surface area contributed by atoms with Crippen molar-refractivity contribution in [3.63, 3.8) is 0 Å². The van der Waals surface area contributed by atoms with E-state index in [2.05, 4.69) is 23.1 Å². The second kappa shape index (κ2) is 9.57. The number of hydrogen-bond donors (Lipinski definition) is 7. The molecule has 0 aliphatic carbocycles. The number of ether oxygens (including phenoxy) is 1. The number of terminal acetylenes is 1. The monoisotopic (exact) mass is 596 g/mol. The highest BCUT2D eigenvalue weighted by molar-refractivity contribution is 7.66. The number of alkyl halides is 1. The molecule has 36 heavy (non-hydrogen) atoms. The molecule has 2 aromatic rings. The van der Waals surface area contributed by atoms with E-state index < -0.39 is 75.6 Å². The molecule has 7 atom stereocenters. The van der Waals surface area contributed by atoms with Crippen LogP contribution in [0.15, 0.2) is 11.0 Å². The number of aliphatic hydroxyl groups excluding tert-OH is 1. The fourth-order valence-corrected chi connectivity index (χ4v) is 6.86. The molecule has 0 aromatic carbocycles. The number of H-pyrrole nitrogens is 1. The van der Waals surface area contributed by atoms with Gasteiger partial charge in [0.25, 0.3) is 5.56 Å². The number of aromatic nitrogens is 3. The summed E-state index contributed by atoms with van der Waals surface area (Å²) in [6, 6.07) is 0. The summed E-state index contributed by atoms with van der Waals surface area (Å²) in [4.78, 5) is 52.0. The van der Waals surface area contributed by atoms with Crippen molar-refractivity contribution >= 4 is 52.1 Å². The highest BCUT2D eigenvalue weighted by Gasteiger charge is 2.58. The first kappa shape index (κ1) is 28.9. The Morgan fingerprint density at radius 2 is 1.94 bits per heavy atom. The third kappa shape index (κ3) is 5.74. The maximum absolute atomic E-state index is 14.5. The number of rotatable bonds is 8. The first-order valence-corrected chi connectivity index (χ1v) is 14.1. The molecule has 8 N–H and O–H groups in total. The number of phosphoric acid groups is 3. The van der Waals surface area contributed by atoms with Gasteiger partial charge in [-0.15, -0.1) is 6.42 Å². The molecule has 0 saturated carbocycles. The van der Waals surface area contributed by atoms with E-state index >= 15 is 0 Å². The molecule has 1 aliphatic heterocycles. The SMILES string of the molecule is C#CC1(Cl)[C@@H](O)[C@@H]([C@H](C)OP(=O)(O)OP(=O)(O)OP(=O)(O)O)O[C@H]1n1cc(F)c2c(=O)[nH]c(N)nc21. The lowest BCUT2D eigenvalue weighted by Gasteiger charge is -2.26. The molecule has 0 bridgehead atoms. The van der Waals surface area contributed by atoms with Crippen LogP contribution in [0.25, 0.3) is 11.0 Å². The van der Waals surface area contributed by atoms with E-state index in [1.54, 1.807) is 0 Å². The number of aromatic amines is 1. The van der Waals surface area contributed by atoms with Crippen LogP contribution in [0.2, 0.25) is 0 Å². The number of fused-ring (bicyclic) bond motifs is 1. The van der Waals surface area contributed by atoms with E-state index in [0.717, 1.165) is 17.7 Å². The molecule has 1 aliphatic rings. The van der Waals surface area contributed by atoms with Crippen LogP contribution in [0, 0.1) is 18.2 Å². The summed E-state index contributed by atoms with van der Waals surface area (Å²) in [7, 11) is -17.1. The van der Waals surface area contributed by atoms with Crippen molar-refractivity contribution in [2.24, 2.45) is 0 Å². The summed E-state index contributed by atoms with van der Waals surface area (Å²) in [5.41, 5.74) is 4.17. The number of anilines is 1. The average molecular weight is 597 g/mol. The number of nitrogen functional groups attached to an aromatic ring is 1. The highest BCUT2D eigenvalue weighted by Crippen LogP contribution is 2.66. The van der Waals surface area contributed by atoms with Gasteiger partial charge in [0.2, 0.25) is 5.95 Å². The van der Waals surface area contributed by atoms with Crippen molar-refractivity contribution in [1.82, 2.24) is 14.5 Å². The topological polar surface area (TPSA) is 266 Å². The number of nitrogens with one attached hydrogen (secondary N) is 1. The van der Waals surface area contributed by atoms with Crippen molar-refractivity contribution in [3.05, 3.63) is 22.4 Å². The van der Waals surface area contributed by atoms with Gasteiger partial charge in [0.1, 0.15) is 17.6 Å². The minimum Gasteiger partial charge on any atom is -0.387 e. The van der Waals surface area contributed by atoms with Crippen molar-refractivity contribution in [3.8, 4) is 12.3 Å². The molecular formula is C14H17ClFN4O13P3. The lowest BCUT2D eigenvalue weighted by atomic mass is 9.97. The van der Waals surface area contributed by atoms with E-state index in [1.165, 1.54) is 0 Å². The molecule has 17 nitrogen and oxygen atoms in total. The first-order valence-electron chi connectivity index (χ1n) is 9.18. The summed E-state index contributed by atoms with van der Waals surface area (Å²) in [5, 5.41) is 10.2. The quantitative estimate of drug-likeness (QED) is 0.120. The smallest absolute Gasteiger partial charge is 0.387 e. The number of halogens is 2. The van der Waals surface area contributed by atoms with Gasteiger partial charge in [0.05, 0.1) is 6.10 Å². The fraction of sp³-hybridized carbons (Fsp3) is 0.429. The Kier molecular flexibility index (Phi) is 7.68. The highest BCUT2D eigenvalue weighted by atomic mass is 35.5. The zero-order valence-electron chi connectivity index (χ0n) is 17.5. The van der Waals surface area contributed by atoms with Crippen LogP contribution in [0.5, 0.6) is 0 Å². The van der Waals surface area contributed by atoms with Gasteiger partial charge in [-0.05, 0) is 6.92 Å². The van der Waals surface area contributed by atoms with Crippen LogP contribution >= 0.6 is 35.1 Å². The van der Waals surface area contributed by atoms with Gasteiger partial charge in [-0.1, -0.05) is 17.5 Å². The van der Waals surface area contributed by atoms with Crippen molar-refractivity contribution in [2.75, 3.05) is 5.73 Å². The van der Waals surface area contributed by atoms with Gasteiger partial charge >= 0.3 is 23.5 Å². The van der Waals surface area contributed by atoms with Crippen LogP contribution < -0.4 is 11.3 Å². The van der Waals surface area contributed by atoms with E-state index in [9.17, 15) is 37.8 Å². The number of phosphoric ester groups is 1. The Hall–Kier alpha value is -1.67. The van der Waals surface area contributed by atoms with Crippen LogP contribution in [-0.4, -0.2) is 62.4 Å². The van der Waals surface area contributed by atoms with Crippen LogP contribution in [0.4, 0.5) is 10.3 Å². The largest absolute Gasteiger partial charge is 0.490 e. The Morgan fingerprint density at radius 1 is 1.33 bits per heavy atom. The summed E-state index contributed by atoms with van der Waals surface area (Å²) in [6.45, 7) is 0.998. The Morgan fingerprint density at radius 3 is 2.50 bits per heavy atom. The zero-order chi connectivity index (χ0) is 27.4. The zero-order valence-corrected chi connectivity index (χ0v) is 21.0. The molecule has 2 aromatic heterocycles. The minimum absolute atomic E-state index is 0.382. The molecular weight excluding hydrogens is 580 g/mol. The Labute approximate surface area is 204 Å². The number of aliphatic hydroxyl groups is 1. The molecule has 0 spiro atoms. The van der Waals surface area contributed by atoms with Crippen LogP contribution in [0.3, 0.4) is 0 Å². The normalized spacial score (nSPS) is 28.9. The summed E-state index contributed by atoms with van der Waals surface area (Å²) in [6.07, 6.45) is -0.886. The van der Waals surface area contributed by atoms with Crippen molar-refractivity contribution in [1.29, 1.82) is 0 Å². The summed E-state index contributed by atoms with van der Waals surface area (Å²) in [5.74, 6) is 0.548. The second-order valence-electron chi connectivity index (χ2n) is 7.25. The Balaban J connectivity index is 1.93. The maximum Gasteiger partial charge on any atom is 0.490 e. The average Bonchev–Trinajstić information content (AvgIpc) is 3.13. The molecule has 1 saturated heterocycles. The molecule has 3 unspecified atom stereocenters. The molecule has 0 radical (unpaired) electrons. The summed E-state index contributed by atoms with van der Waals surface area (Å²) >= 11 is 6.38. The minimum atomic E-state index is -5.83. The molecule has 22 heteroatoms. The van der Waals surface area contributed by atoms with E-state index in [-0.39, 0.29) is 5.65 Å². The van der Waals surface area contributed by atoms with Crippen LogP contribution in [-0.2, 0) is 31.6 Å². The van der Waals surface area contributed by atoms with E-state index in [4.69, 9.17) is 38.3 Å². The Bertz CT molecular complexity index is 1440. The number of nitrogens with zero attached hydrogens (tertiary/aromatic N) is 2. The van der Waals surface area contributed by atoms with Crippen molar-refractivity contribution in [2.45, 2.75) is 36.3 Å². The molecule has 1 fully saturated rings. The number of hydrogen-bond acceptors (Lipinski definition) is 11. The third-order valence-corrected chi connectivity index (χ3v) is 9.14. The van der Waals surface area contributed by atoms with Gasteiger partial charge < -0.3 is 35.2 Å². The predicted octanol–water partition coefficient (Wildman–Crippen LogP) is 0.0468. The van der Waals surface area contributed by atoms with E-state index in [1.807, 2.05) is 5.92 Å². The lowest BCUT2D eigenvalue weighted by Crippen LogP contribution is -2.43.